The van der Waals surface area contributed by atoms with Gasteiger partial charge in [0.05, 0.1) is 25.5 Å². The fourth-order valence-electron chi connectivity index (χ4n) is 2.52. The summed E-state index contributed by atoms with van der Waals surface area (Å²) in [4.78, 5) is 11.5. The van der Waals surface area contributed by atoms with Gasteiger partial charge in [-0.3, -0.25) is 9.48 Å². The molecule has 0 bridgehead atoms. The van der Waals surface area contributed by atoms with Gasteiger partial charge in [0.2, 0.25) is 0 Å². The average Bonchev–Trinajstić information content (AvgIpc) is 2.98. The van der Waals surface area contributed by atoms with Gasteiger partial charge in [0.15, 0.2) is 5.69 Å². The van der Waals surface area contributed by atoms with Crippen LogP contribution in [0, 0.1) is 0 Å². The minimum atomic E-state index is -0.547. The van der Waals surface area contributed by atoms with E-state index in [2.05, 4.69) is 12.0 Å². The van der Waals surface area contributed by atoms with Gasteiger partial charge >= 0.3 is 0 Å². The molecule has 1 aromatic carbocycles. The smallest absolute Gasteiger partial charge is 0.269 e. The molecule has 6 heteroatoms. The van der Waals surface area contributed by atoms with Crippen LogP contribution >= 0.6 is 0 Å². The number of ether oxygens (including phenoxy) is 2. The van der Waals surface area contributed by atoms with Crippen LogP contribution in [-0.2, 0) is 6.54 Å². The third-order valence-corrected chi connectivity index (χ3v) is 3.69. The van der Waals surface area contributed by atoms with Gasteiger partial charge in [-0.25, -0.2) is 0 Å². The lowest BCUT2D eigenvalue weighted by molar-refractivity contribution is 0.0994. The molecular weight excluding hydrogens is 294 g/mol. The first-order valence-electron chi connectivity index (χ1n) is 7.71. The Morgan fingerprint density at radius 1 is 1.22 bits per heavy atom. The van der Waals surface area contributed by atoms with Crippen LogP contribution in [0.1, 0.15) is 36.7 Å². The number of benzene rings is 1. The van der Waals surface area contributed by atoms with E-state index in [0.29, 0.717) is 18.0 Å². The summed E-state index contributed by atoms with van der Waals surface area (Å²) in [5.41, 5.74) is 7.17. The number of nitrogens with two attached hydrogens (primary N) is 1. The first kappa shape index (κ1) is 16.9. The molecule has 124 valence electrons. The predicted octanol–water partition coefficient (Wildman–Crippen LogP) is 2.86. The zero-order chi connectivity index (χ0) is 16.8. The van der Waals surface area contributed by atoms with Crippen LogP contribution in [0.15, 0.2) is 24.3 Å². The number of carbonyl (C=O) groups is 1. The van der Waals surface area contributed by atoms with Crippen molar-refractivity contribution in [3.63, 3.8) is 0 Å². The molecule has 23 heavy (non-hydrogen) atoms. The van der Waals surface area contributed by atoms with Gasteiger partial charge in [0, 0.05) is 6.54 Å². The Morgan fingerprint density at radius 2 is 1.87 bits per heavy atom. The van der Waals surface area contributed by atoms with Crippen molar-refractivity contribution >= 4 is 5.91 Å². The predicted molar refractivity (Wildman–Crippen MR) is 88.8 cm³/mol. The molecule has 2 rings (SSSR count). The van der Waals surface area contributed by atoms with Gasteiger partial charge < -0.3 is 15.2 Å². The van der Waals surface area contributed by atoms with E-state index in [-0.39, 0.29) is 5.69 Å². The van der Waals surface area contributed by atoms with Gasteiger partial charge in [-0.1, -0.05) is 25.8 Å². The molecule has 0 saturated heterocycles. The second-order valence-corrected chi connectivity index (χ2v) is 5.25. The Hall–Kier alpha value is -2.50. The Kier molecular flexibility index (Phi) is 5.62. The monoisotopic (exact) mass is 317 g/mol. The molecule has 1 aromatic heterocycles. The quantitative estimate of drug-likeness (QED) is 0.759. The Morgan fingerprint density at radius 3 is 2.39 bits per heavy atom. The van der Waals surface area contributed by atoms with Crippen molar-refractivity contribution in [2.75, 3.05) is 14.2 Å². The van der Waals surface area contributed by atoms with Gasteiger partial charge in [-0.05, 0) is 24.6 Å². The third-order valence-electron chi connectivity index (χ3n) is 3.69. The molecule has 0 aliphatic heterocycles. The van der Waals surface area contributed by atoms with Crippen molar-refractivity contribution in [3.8, 4) is 22.8 Å². The molecule has 2 aromatic rings. The van der Waals surface area contributed by atoms with Crippen LogP contribution in [0.25, 0.3) is 11.3 Å². The van der Waals surface area contributed by atoms with Gasteiger partial charge in [-0.15, -0.1) is 0 Å². The molecule has 2 N–H and O–H groups in total. The highest BCUT2D eigenvalue weighted by molar-refractivity contribution is 5.92. The number of methoxy groups -OCH3 is 2. The summed E-state index contributed by atoms with van der Waals surface area (Å²) in [6.45, 7) is 2.85. The number of hydrogen-bond acceptors (Lipinski definition) is 4. The number of aromatic nitrogens is 2. The summed E-state index contributed by atoms with van der Waals surface area (Å²) in [6.07, 6.45) is 3.17. The summed E-state index contributed by atoms with van der Waals surface area (Å²) >= 11 is 0. The molecule has 1 amide bonds. The van der Waals surface area contributed by atoms with E-state index in [1.54, 1.807) is 25.0 Å². The third kappa shape index (κ3) is 3.64. The lowest BCUT2D eigenvalue weighted by Crippen LogP contribution is -2.12. The first-order valence-corrected chi connectivity index (χ1v) is 7.71. The standard InChI is InChI=1S/C17H23N3O3/c1-4-5-6-10-20-13(11-12(19-20)17(18)21)16-14(22-2)8-7-9-15(16)23-3/h7-9,11H,4-6,10H2,1-3H3,(H2,18,21). The van der Waals surface area contributed by atoms with Crippen LogP contribution in [0.2, 0.25) is 0 Å². The molecule has 0 aliphatic carbocycles. The molecule has 0 unspecified atom stereocenters. The van der Waals surface area contributed by atoms with Crippen molar-refractivity contribution in [2.24, 2.45) is 5.73 Å². The number of nitrogens with zero attached hydrogens (tertiary/aromatic N) is 2. The maximum absolute atomic E-state index is 11.5. The number of hydrogen-bond donors (Lipinski definition) is 1. The van der Waals surface area contributed by atoms with Gasteiger partial charge in [-0.2, -0.15) is 5.10 Å². The van der Waals surface area contributed by atoms with Crippen molar-refractivity contribution in [1.29, 1.82) is 0 Å². The molecule has 0 spiro atoms. The normalized spacial score (nSPS) is 10.6. The number of carbonyl (C=O) groups excluding carboxylic acids is 1. The minimum Gasteiger partial charge on any atom is -0.496 e. The minimum absolute atomic E-state index is 0.240. The number of rotatable bonds is 8. The fraction of sp³-hybridized carbons (Fsp3) is 0.412. The van der Waals surface area contributed by atoms with E-state index in [4.69, 9.17) is 15.2 Å². The van der Waals surface area contributed by atoms with Crippen molar-refractivity contribution < 1.29 is 14.3 Å². The van der Waals surface area contributed by atoms with Crippen LogP contribution in [0.5, 0.6) is 11.5 Å². The molecule has 1 heterocycles. The second-order valence-electron chi connectivity index (χ2n) is 5.25. The first-order chi connectivity index (χ1) is 11.1. The van der Waals surface area contributed by atoms with Crippen molar-refractivity contribution in [2.45, 2.75) is 32.7 Å². The largest absolute Gasteiger partial charge is 0.496 e. The molecule has 0 saturated carbocycles. The van der Waals surface area contributed by atoms with Gasteiger partial charge in [0.25, 0.3) is 5.91 Å². The van der Waals surface area contributed by atoms with E-state index in [0.717, 1.165) is 30.5 Å². The van der Waals surface area contributed by atoms with E-state index in [9.17, 15) is 4.79 Å². The summed E-state index contributed by atoms with van der Waals surface area (Å²) in [6, 6.07) is 7.25. The van der Waals surface area contributed by atoms with Crippen molar-refractivity contribution in [3.05, 3.63) is 30.0 Å². The maximum Gasteiger partial charge on any atom is 0.269 e. The Labute approximate surface area is 136 Å². The van der Waals surface area contributed by atoms with Crippen LogP contribution < -0.4 is 15.2 Å². The van der Waals surface area contributed by atoms with Crippen LogP contribution in [-0.4, -0.2) is 29.9 Å². The highest BCUT2D eigenvalue weighted by Gasteiger charge is 2.20. The van der Waals surface area contributed by atoms with Crippen LogP contribution in [0.4, 0.5) is 0 Å². The van der Waals surface area contributed by atoms with Gasteiger partial charge in [0.1, 0.15) is 11.5 Å². The van der Waals surface area contributed by atoms with E-state index >= 15 is 0 Å². The van der Waals surface area contributed by atoms with E-state index in [1.165, 1.54) is 0 Å². The summed E-state index contributed by atoms with van der Waals surface area (Å²) < 4.78 is 12.7. The number of primary amides is 1. The SMILES string of the molecule is CCCCCn1nc(C(N)=O)cc1-c1c(OC)cccc1OC. The number of unbranched alkanes of at least 4 members (excludes halogenated alkanes) is 2. The lowest BCUT2D eigenvalue weighted by atomic mass is 10.1. The number of aryl methyl sites for hydroxylation is 1. The van der Waals surface area contributed by atoms with E-state index in [1.807, 2.05) is 18.2 Å². The Bertz CT molecular complexity index is 657. The fourth-order valence-corrected chi connectivity index (χ4v) is 2.52. The number of amides is 1. The molecular formula is C17H23N3O3. The Balaban J connectivity index is 2.55. The van der Waals surface area contributed by atoms with Crippen LogP contribution in [0.3, 0.4) is 0 Å². The summed E-state index contributed by atoms with van der Waals surface area (Å²) in [5, 5.41) is 4.34. The second kappa shape index (κ2) is 7.67. The molecule has 0 aliphatic rings. The molecule has 0 radical (unpaired) electrons. The maximum atomic E-state index is 11.5. The highest BCUT2D eigenvalue weighted by Crippen LogP contribution is 2.38. The molecule has 6 nitrogen and oxygen atoms in total. The highest BCUT2D eigenvalue weighted by atomic mass is 16.5. The van der Waals surface area contributed by atoms with E-state index < -0.39 is 5.91 Å². The average molecular weight is 317 g/mol. The lowest BCUT2D eigenvalue weighted by Gasteiger charge is -2.14. The topological polar surface area (TPSA) is 79.4 Å². The van der Waals surface area contributed by atoms with Crippen molar-refractivity contribution in [1.82, 2.24) is 9.78 Å². The molecule has 0 atom stereocenters. The summed E-state index contributed by atoms with van der Waals surface area (Å²) in [5.74, 6) is 0.781. The molecule has 0 fully saturated rings. The zero-order valence-corrected chi connectivity index (χ0v) is 13.8. The zero-order valence-electron chi connectivity index (χ0n) is 13.8. The summed E-state index contributed by atoms with van der Waals surface area (Å²) in [7, 11) is 3.20.